The number of hydrogen-bond acceptors (Lipinski definition) is 1. The first kappa shape index (κ1) is 14.0. The Morgan fingerprint density at radius 3 is 2.74 bits per heavy atom. The van der Waals surface area contributed by atoms with Crippen molar-refractivity contribution in [1.82, 2.24) is 0 Å². The Morgan fingerprint density at radius 1 is 1.26 bits per heavy atom. The third-order valence-corrected chi connectivity index (χ3v) is 3.47. The van der Waals surface area contributed by atoms with Crippen LogP contribution in [0.5, 0.6) is 0 Å². The molecule has 1 N–H and O–H groups in total. The van der Waals surface area contributed by atoms with E-state index in [1.54, 1.807) is 12.1 Å². The molecule has 0 saturated carbocycles. The predicted octanol–water partition coefficient (Wildman–Crippen LogP) is 4.80. The number of aryl methyl sites for hydroxylation is 1. The van der Waals surface area contributed by atoms with Crippen molar-refractivity contribution >= 4 is 39.1 Å². The Hall–Kier alpha value is -1.39. The van der Waals surface area contributed by atoms with Crippen LogP contribution in [0.1, 0.15) is 15.9 Å². The zero-order valence-corrected chi connectivity index (χ0v) is 12.3. The summed E-state index contributed by atoms with van der Waals surface area (Å²) in [7, 11) is 0. The van der Waals surface area contributed by atoms with Gasteiger partial charge in [-0.3, -0.25) is 4.79 Å². The summed E-state index contributed by atoms with van der Waals surface area (Å²) in [6.45, 7) is 1.88. The second-order valence-electron chi connectivity index (χ2n) is 4.06. The highest BCUT2D eigenvalue weighted by molar-refractivity contribution is 9.10. The van der Waals surface area contributed by atoms with Crippen molar-refractivity contribution in [3.63, 3.8) is 0 Å². The highest BCUT2D eigenvalue weighted by Crippen LogP contribution is 2.23. The first-order chi connectivity index (χ1) is 8.97. The Bertz CT molecular complexity index is 645. The standard InChI is InChI=1S/C14H10BrClFNO/c1-8-2-4-11(15)10(6-8)14(19)18-13-7-9(16)3-5-12(13)17/h2-7H,1H3,(H,18,19). The number of carbonyl (C=O) groups excluding carboxylic acids is 1. The van der Waals surface area contributed by atoms with E-state index in [0.717, 1.165) is 5.56 Å². The van der Waals surface area contributed by atoms with E-state index < -0.39 is 11.7 Å². The van der Waals surface area contributed by atoms with Gasteiger partial charge in [-0.05, 0) is 53.2 Å². The third-order valence-electron chi connectivity index (χ3n) is 2.54. The lowest BCUT2D eigenvalue weighted by atomic mass is 10.1. The van der Waals surface area contributed by atoms with Gasteiger partial charge in [0.1, 0.15) is 5.82 Å². The lowest BCUT2D eigenvalue weighted by molar-refractivity contribution is 0.102. The molecule has 0 fully saturated rings. The van der Waals surface area contributed by atoms with Gasteiger partial charge in [-0.1, -0.05) is 23.2 Å². The number of amides is 1. The first-order valence-electron chi connectivity index (χ1n) is 5.50. The van der Waals surface area contributed by atoms with Gasteiger partial charge in [0.2, 0.25) is 0 Å². The number of halogens is 3. The van der Waals surface area contributed by atoms with Crippen LogP contribution in [0.25, 0.3) is 0 Å². The molecule has 2 aromatic rings. The second-order valence-corrected chi connectivity index (χ2v) is 5.35. The summed E-state index contributed by atoms with van der Waals surface area (Å²) in [5.74, 6) is -0.918. The molecule has 0 aliphatic carbocycles. The van der Waals surface area contributed by atoms with Crippen LogP contribution in [-0.4, -0.2) is 5.91 Å². The molecule has 0 saturated heterocycles. The molecule has 0 atom stereocenters. The molecule has 1 amide bonds. The van der Waals surface area contributed by atoms with Crippen LogP contribution in [-0.2, 0) is 0 Å². The fourth-order valence-corrected chi connectivity index (χ4v) is 2.19. The number of benzene rings is 2. The maximum atomic E-state index is 13.5. The number of carbonyl (C=O) groups is 1. The van der Waals surface area contributed by atoms with Gasteiger partial charge < -0.3 is 5.32 Å². The molecule has 0 aromatic heterocycles. The summed E-state index contributed by atoms with van der Waals surface area (Å²) in [6, 6.07) is 9.39. The van der Waals surface area contributed by atoms with Crippen molar-refractivity contribution in [1.29, 1.82) is 0 Å². The van der Waals surface area contributed by atoms with Crippen molar-refractivity contribution in [2.24, 2.45) is 0 Å². The molecule has 0 radical (unpaired) electrons. The monoisotopic (exact) mass is 341 g/mol. The van der Waals surface area contributed by atoms with Crippen molar-refractivity contribution in [2.45, 2.75) is 6.92 Å². The van der Waals surface area contributed by atoms with Crippen molar-refractivity contribution in [3.8, 4) is 0 Å². The summed E-state index contributed by atoms with van der Waals surface area (Å²) in [6.07, 6.45) is 0. The van der Waals surface area contributed by atoms with Crippen LogP contribution in [0.4, 0.5) is 10.1 Å². The van der Waals surface area contributed by atoms with Crippen LogP contribution >= 0.6 is 27.5 Å². The first-order valence-corrected chi connectivity index (χ1v) is 6.67. The van der Waals surface area contributed by atoms with Crippen LogP contribution < -0.4 is 5.32 Å². The van der Waals surface area contributed by atoms with Crippen molar-refractivity contribution in [3.05, 3.63) is 62.8 Å². The maximum absolute atomic E-state index is 13.5. The molecule has 0 bridgehead atoms. The van der Waals surface area contributed by atoms with E-state index in [-0.39, 0.29) is 5.69 Å². The van der Waals surface area contributed by atoms with Crippen molar-refractivity contribution < 1.29 is 9.18 Å². The molecule has 0 aliphatic heterocycles. The van der Waals surface area contributed by atoms with Gasteiger partial charge >= 0.3 is 0 Å². The van der Waals surface area contributed by atoms with Gasteiger partial charge in [0.15, 0.2) is 0 Å². The maximum Gasteiger partial charge on any atom is 0.256 e. The van der Waals surface area contributed by atoms with Crippen LogP contribution in [0.15, 0.2) is 40.9 Å². The molecule has 0 unspecified atom stereocenters. The fraction of sp³-hybridized carbons (Fsp3) is 0.0714. The molecule has 0 spiro atoms. The Balaban J connectivity index is 2.30. The van der Waals surface area contributed by atoms with Crippen LogP contribution in [0.3, 0.4) is 0 Å². The molecule has 98 valence electrons. The lowest BCUT2D eigenvalue weighted by Gasteiger charge is -2.09. The number of rotatable bonds is 2. The van der Waals surface area contributed by atoms with E-state index in [4.69, 9.17) is 11.6 Å². The van der Waals surface area contributed by atoms with Crippen molar-refractivity contribution in [2.75, 3.05) is 5.32 Å². The van der Waals surface area contributed by atoms with Gasteiger partial charge in [0, 0.05) is 9.50 Å². The Morgan fingerprint density at radius 2 is 2.00 bits per heavy atom. The van der Waals surface area contributed by atoms with Crippen LogP contribution in [0.2, 0.25) is 5.02 Å². The molecule has 2 nitrogen and oxygen atoms in total. The number of anilines is 1. The molecular formula is C14H10BrClFNO. The van der Waals surface area contributed by atoms with E-state index in [0.29, 0.717) is 15.1 Å². The van der Waals surface area contributed by atoms with Crippen LogP contribution in [0, 0.1) is 12.7 Å². The lowest BCUT2D eigenvalue weighted by Crippen LogP contribution is -2.13. The van der Waals surface area contributed by atoms with Gasteiger partial charge in [-0.2, -0.15) is 0 Å². The van der Waals surface area contributed by atoms with Gasteiger partial charge in [-0.25, -0.2) is 4.39 Å². The van der Waals surface area contributed by atoms with Gasteiger partial charge in [-0.15, -0.1) is 0 Å². The number of hydrogen-bond donors (Lipinski definition) is 1. The number of nitrogens with one attached hydrogen (secondary N) is 1. The second kappa shape index (κ2) is 5.72. The SMILES string of the molecule is Cc1ccc(Br)c(C(=O)Nc2cc(Cl)ccc2F)c1. The summed E-state index contributed by atoms with van der Waals surface area (Å²) in [5, 5.41) is 2.87. The van der Waals surface area contributed by atoms with E-state index in [9.17, 15) is 9.18 Å². The molecule has 2 aromatic carbocycles. The fourth-order valence-electron chi connectivity index (χ4n) is 1.60. The zero-order chi connectivity index (χ0) is 14.0. The third kappa shape index (κ3) is 3.33. The largest absolute Gasteiger partial charge is 0.319 e. The zero-order valence-electron chi connectivity index (χ0n) is 10.0. The Labute approximate surface area is 123 Å². The Kier molecular flexibility index (Phi) is 4.22. The van der Waals surface area contributed by atoms with E-state index in [1.165, 1.54) is 18.2 Å². The summed E-state index contributed by atoms with van der Waals surface area (Å²) in [5.41, 5.74) is 1.45. The normalized spacial score (nSPS) is 10.3. The highest BCUT2D eigenvalue weighted by atomic mass is 79.9. The minimum absolute atomic E-state index is 0.0610. The molecule has 2 rings (SSSR count). The van der Waals surface area contributed by atoms with E-state index in [1.807, 2.05) is 13.0 Å². The highest BCUT2D eigenvalue weighted by Gasteiger charge is 2.13. The topological polar surface area (TPSA) is 29.1 Å². The predicted molar refractivity (Wildman–Crippen MR) is 78.2 cm³/mol. The average molecular weight is 343 g/mol. The molecule has 0 heterocycles. The minimum Gasteiger partial charge on any atom is -0.319 e. The molecule has 19 heavy (non-hydrogen) atoms. The molecule has 0 aliphatic rings. The van der Waals surface area contributed by atoms with E-state index >= 15 is 0 Å². The molecular weight excluding hydrogens is 333 g/mol. The van der Waals surface area contributed by atoms with Gasteiger partial charge in [0.25, 0.3) is 5.91 Å². The minimum atomic E-state index is -0.526. The van der Waals surface area contributed by atoms with E-state index in [2.05, 4.69) is 21.2 Å². The average Bonchev–Trinajstić information content (AvgIpc) is 2.36. The summed E-state index contributed by atoms with van der Waals surface area (Å²) in [4.78, 5) is 12.1. The summed E-state index contributed by atoms with van der Waals surface area (Å²) < 4.78 is 14.2. The summed E-state index contributed by atoms with van der Waals surface area (Å²) >= 11 is 9.07. The van der Waals surface area contributed by atoms with Gasteiger partial charge in [0.05, 0.1) is 11.3 Å². The molecule has 5 heteroatoms. The smallest absolute Gasteiger partial charge is 0.256 e. The quantitative estimate of drug-likeness (QED) is 0.834.